The van der Waals surface area contributed by atoms with Gasteiger partial charge in [-0.25, -0.2) is 0 Å². The Morgan fingerprint density at radius 1 is 1.04 bits per heavy atom. The van der Waals surface area contributed by atoms with Gasteiger partial charge in [0.05, 0.1) is 4.92 Å². The number of nitro benzene ring substituents is 1. The van der Waals surface area contributed by atoms with Crippen molar-refractivity contribution in [1.82, 2.24) is 4.98 Å². The number of nitriles is 1. The average molecular weight is 352 g/mol. The topological polar surface area (TPSA) is 99.8 Å². The number of hydrogen-bond acceptors (Lipinski definition) is 4. The number of non-ortho nitro benzene ring substituents is 1. The van der Waals surface area contributed by atoms with Crippen LogP contribution in [0.5, 0.6) is 0 Å². The number of benzene rings is 2. The van der Waals surface area contributed by atoms with Crippen molar-refractivity contribution < 1.29 is 4.92 Å². The van der Waals surface area contributed by atoms with Crippen molar-refractivity contribution in [2.24, 2.45) is 0 Å². The maximum absolute atomic E-state index is 12.3. The van der Waals surface area contributed by atoms with Crippen LogP contribution in [-0.4, -0.2) is 9.91 Å². The van der Waals surface area contributed by atoms with Gasteiger partial charge in [-0.3, -0.25) is 14.9 Å². The van der Waals surface area contributed by atoms with Gasteiger partial charge in [0, 0.05) is 28.4 Å². The van der Waals surface area contributed by atoms with Crippen LogP contribution in [0.25, 0.3) is 22.4 Å². The fourth-order valence-electron chi connectivity index (χ4n) is 2.45. The molecule has 122 valence electrons. The molecule has 0 bridgehead atoms. The SMILES string of the molecule is N#Cc1c(-c2ccc([N+](=O)[O-])cc2)cc(-c2ccc(Cl)cc2)[nH]c1=O. The first kappa shape index (κ1) is 16.4. The Balaban J connectivity index is 2.18. The summed E-state index contributed by atoms with van der Waals surface area (Å²) in [6.45, 7) is 0. The van der Waals surface area contributed by atoms with Gasteiger partial charge in [-0.05, 0) is 41.5 Å². The smallest absolute Gasteiger partial charge is 0.269 e. The van der Waals surface area contributed by atoms with E-state index in [4.69, 9.17) is 11.6 Å². The normalized spacial score (nSPS) is 10.2. The van der Waals surface area contributed by atoms with Crippen LogP contribution < -0.4 is 5.56 Å². The molecule has 0 unspecified atom stereocenters. The van der Waals surface area contributed by atoms with Crippen molar-refractivity contribution >= 4 is 17.3 Å². The molecule has 2 aromatic carbocycles. The van der Waals surface area contributed by atoms with Gasteiger partial charge in [0.2, 0.25) is 0 Å². The molecule has 6 nitrogen and oxygen atoms in total. The highest BCUT2D eigenvalue weighted by atomic mass is 35.5. The number of rotatable bonds is 3. The highest BCUT2D eigenvalue weighted by Gasteiger charge is 2.14. The van der Waals surface area contributed by atoms with E-state index in [2.05, 4.69) is 4.98 Å². The number of aromatic amines is 1. The van der Waals surface area contributed by atoms with E-state index in [0.717, 1.165) is 5.56 Å². The first-order valence-corrected chi connectivity index (χ1v) is 7.55. The molecule has 0 saturated heterocycles. The third-order valence-corrected chi connectivity index (χ3v) is 3.94. The summed E-state index contributed by atoms with van der Waals surface area (Å²) in [6, 6.07) is 16.1. The summed E-state index contributed by atoms with van der Waals surface area (Å²) in [4.78, 5) is 25.2. The van der Waals surface area contributed by atoms with Crippen LogP contribution in [0.3, 0.4) is 0 Å². The third kappa shape index (κ3) is 3.27. The second kappa shape index (κ2) is 6.59. The van der Waals surface area contributed by atoms with Crippen molar-refractivity contribution in [3.63, 3.8) is 0 Å². The van der Waals surface area contributed by atoms with E-state index < -0.39 is 10.5 Å². The minimum absolute atomic E-state index is 0.0495. The van der Waals surface area contributed by atoms with E-state index in [1.54, 1.807) is 30.3 Å². The van der Waals surface area contributed by atoms with Gasteiger partial charge in [-0.15, -0.1) is 0 Å². The Hall–Kier alpha value is -3.43. The molecule has 1 aromatic heterocycles. The first-order valence-electron chi connectivity index (χ1n) is 7.18. The Morgan fingerprint density at radius 2 is 1.64 bits per heavy atom. The van der Waals surface area contributed by atoms with Crippen molar-refractivity contribution in [2.75, 3.05) is 0 Å². The van der Waals surface area contributed by atoms with Gasteiger partial charge >= 0.3 is 0 Å². The number of aromatic nitrogens is 1. The molecule has 0 aliphatic rings. The number of hydrogen-bond donors (Lipinski definition) is 1. The zero-order chi connectivity index (χ0) is 18.0. The van der Waals surface area contributed by atoms with Crippen LogP contribution in [0.15, 0.2) is 59.4 Å². The summed E-state index contributed by atoms with van der Waals surface area (Å²) in [5, 5.41) is 20.7. The molecular weight excluding hydrogens is 342 g/mol. The predicted molar refractivity (Wildman–Crippen MR) is 94.3 cm³/mol. The quantitative estimate of drug-likeness (QED) is 0.566. The molecule has 0 radical (unpaired) electrons. The van der Waals surface area contributed by atoms with Crippen LogP contribution >= 0.6 is 11.6 Å². The second-order valence-electron chi connectivity index (χ2n) is 5.22. The van der Waals surface area contributed by atoms with Gasteiger partial charge in [-0.1, -0.05) is 23.7 Å². The summed E-state index contributed by atoms with van der Waals surface area (Å²) >= 11 is 5.88. The molecule has 0 fully saturated rings. The average Bonchev–Trinajstić information content (AvgIpc) is 2.61. The molecule has 0 saturated carbocycles. The zero-order valence-corrected chi connectivity index (χ0v) is 13.4. The largest absolute Gasteiger partial charge is 0.321 e. The summed E-state index contributed by atoms with van der Waals surface area (Å²) in [6.07, 6.45) is 0. The molecule has 3 rings (SSSR count). The van der Waals surface area contributed by atoms with E-state index in [1.807, 2.05) is 6.07 Å². The summed E-state index contributed by atoms with van der Waals surface area (Å²) in [7, 11) is 0. The molecular formula is C18H10ClN3O3. The van der Waals surface area contributed by atoms with Gasteiger partial charge in [0.1, 0.15) is 11.6 Å². The van der Waals surface area contributed by atoms with E-state index in [0.29, 0.717) is 21.8 Å². The van der Waals surface area contributed by atoms with Gasteiger partial charge in [0.15, 0.2) is 0 Å². The predicted octanol–water partition coefficient (Wildman–Crippen LogP) is 4.14. The van der Waals surface area contributed by atoms with Gasteiger partial charge in [-0.2, -0.15) is 5.26 Å². The Bertz CT molecular complexity index is 1050. The molecule has 0 atom stereocenters. The molecule has 25 heavy (non-hydrogen) atoms. The first-order chi connectivity index (χ1) is 12.0. The highest BCUT2D eigenvalue weighted by Crippen LogP contribution is 2.28. The standard InChI is InChI=1S/C18H10ClN3O3/c19-13-5-1-12(2-6-13)17-9-15(16(10-20)18(23)21-17)11-3-7-14(8-4-11)22(24)25/h1-9H,(H,21,23). The van der Waals surface area contributed by atoms with Crippen LogP contribution in [0.4, 0.5) is 5.69 Å². The summed E-state index contributed by atoms with van der Waals surface area (Å²) in [5.41, 5.74) is 1.57. The van der Waals surface area contributed by atoms with E-state index in [9.17, 15) is 20.2 Å². The number of nitro groups is 1. The van der Waals surface area contributed by atoms with Crippen molar-refractivity contribution in [3.8, 4) is 28.5 Å². The lowest BCUT2D eigenvalue weighted by Gasteiger charge is -2.08. The fraction of sp³-hybridized carbons (Fsp3) is 0. The maximum Gasteiger partial charge on any atom is 0.269 e. The Morgan fingerprint density at radius 3 is 2.20 bits per heavy atom. The van der Waals surface area contributed by atoms with Gasteiger partial charge in [0.25, 0.3) is 11.2 Å². The maximum atomic E-state index is 12.3. The molecule has 3 aromatic rings. The number of halogens is 1. The van der Waals surface area contributed by atoms with E-state index >= 15 is 0 Å². The van der Waals surface area contributed by atoms with Crippen molar-refractivity contribution in [1.29, 1.82) is 5.26 Å². The molecule has 7 heteroatoms. The molecule has 0 spiro atoms. The number of nitrogens with one attached hydrogen (secondary N) is 1. The minimum atomic E-state index is -0.525. The number of H-pyrrole nitrogens is 1. The van der Waals surface area contributed by atoms with Crippen molar-refractivity contribution in [3.05, 3.63) is 85.7 Å². The molecule has 1 heterocycles. The number of pyridine rings is 1. The fourth-order valence-corrected chi connectivity index (χ4v) is 2.57. The van der Waals surface area contributed by atoms with Crippen LogP contribution in [0.2, 0.25) is 5.02 Å². The monoisotopic (exact) mass is 351 g/mol. The Labute approximate surface area is 147 Å². The lowest BCUT2D eigenvalue weighted by Crippen LogP contribution is -2.12. The lowest BCUT2D eigenvalue weighted by atomic mass is 9.99. The molecule has 0 amide bonds. The zero-order valence-electron chi connectivity index (χ0n) is 12.7. The number of nitrogens with zero attached hydrogens (tertiary/aromatic N) is 2. The van der Waals surface area contributed by atoms with Crippen LogP contribution in [0, 0.1) is 21.4 Å². The molecule has 0 aliphatic carbocycles. The highest BCUT2D eigenvalue weighted by molar-refractivity contribution is 6.30. The van der Waals surface area contributed by atoms with Gasteiger partial charge < -0.3 is 4.98 Å². The summed E-state index contributed by atoms with van der Waals surface area (Å²) < 4.78 is 0. The molecule has 0 aliphatic heterocycles. The minimum Gasteiger partial charge on any atom is -0.321 e. The molecule has 1 N–H and O–H groups in total. The van der Waals surface area contributed by atoms with E-state index in [-0.39, 0.29) is 11.3 Å². The third-order valence-electron chi connectivity index (χ3n) is 3.69. The van der Waals surface area contributed by atoms with Crippen LogP contribution in [0.1, 0.15) is 5.56 Å². The Kier molecular flexibility index (Phi) is 4.33. The van der Waals surface area contributed by atoms with Crippen molar-refractivity contribution in [2.45, 2.75) is 0 Å². The van der Waals surface area contributed by atoms with Crippen LogP contribution in [-0.2, 0) is 0 Å². The van der Waals surface area contributed by atoms with E-state index in [1.165, 1.54) is 24.3 Å². The lowest BCUT2D eigenvalue weighted by molar-refractivity contribution is -0.384. The summed E-state index contributed by atoms with van der Waals surface area (Å²) in [5.74, 6) is 0. The second-order valence-corrected chi connectivity index (χ2v) is 5.66.